The van der Waals surface area contributed by atoms with E-state index in [4.69, 9.17) is 0 Å². The standard InChI is InChI=1S/C23H28O2S2/c1-19-14-16-23(18-20(19)2,27(24,25)22-12-7-4-8-13-22)15-9-17-26-21-10-5-3-6-11-21/h3-8,10-13H,9,14-18H2,1-2H3. The highest BCUT2D eigenvalue weighted by atomic mass is 32.2. The normalized spacial score (nSPS) is 20.7. The number of hydrogen-bond acceptors (Lipinski definition) is 3. The van der Waals surface area contributed by atoms with Crippen LogP contribution < -0.4 is 0 Å². The lowest BCUT2D eigenvalue weighted by Crippen LogP contribution is -2.41. The zero-order valence-electron chi connectivity index (χ0n) is 16.1. The average Bonchev–Trinajstić information content (AvgIpc) is 2.69. The van der Waals surface area contributed by atoms with Crippen LogP contribution in [0.25, 0.3) is 0 Å². The van der Waals surface area contributed by atoms with E-state index in [9.17, 15) is 8.42 Å². The summed E-state index contributed by atoms with van der Waals surface area (Å²) >= 11 is 1.81. The quantitative estimate of drug-likeness (QED) is 0.311. The number of thioether (sulfide) groups is 1. The Morgan fingerprint density at radius 1 is 0.926 bits per heavy atom. The fraction of sp³-hybridized carbons (Fsp3) is 0.391. The Kier molecular flexibility index (Phi) is 6.48. The first-order valence-electron chi connectivity index (χ1n) is 9.57. The highest BCUT2D eigenvalue weighted by Crippen LogP contribution is 2.44. The van der Waals surface area contributed by atoms with Crippen molar-refractivity contribution in [3.63, 3.8) is 0 Å². The molecule has 2 aromatic carbocycles. The van der Waals surface area contributed by atoms with Gasteiger partial charge in [-0.25, -0.2) is 8.42 Å². The molecule has 0 bridgehead atoms. The molecule has 0 saturated carbocycles. The maximum Gasteiger partial charge on any atom is 0.184 e. The predicted molar refractivity (Wildman–Crippen MR) is 115 cm³/mol. The summed E-state index contributed by atoms with van der Waals surface area (Å²) in [5.41, 5.74) is 2.60. The second kappa shape index (κ2) is 8.66. The second-order valence-electron chi connectivity index (χ2n) is 7.50. The molecule has 0 aliphatic heterocycles. The van der Waals surface area contributed by atoms with E-state index in [1.54, 1.807) is 12.1 Å². The predicted octanol–water partition coefficient (Wildman–Crippen LogP) is 6.29. The zero-order chi connectivity index (χ0) is 19.3. The van der Waals surface area contributed by atoms with E-state index in [-0.39, 0.29) is 0 Å². The van der Waals surface area contributed by atoms with Crippen molar-refractivity contribution in [2.24, 2.45) is 0 Å². The van der Waals surface area contributed by atoms with Crippen molar-refractivity contribution in [1.29, 1.82) is 0 Å². The Labute approximate surface area is 168 Å². The minimum atomic E-state index is -3.37. The van der Waals surface area contributed by atoms with Gasteiger partial charge in [-0.2, -0.15) is 0 Å². The van der Waals surface area contributed by atoms with Crippen molar-refractivity contribution in [3.05, 3.63) is 71.8 Å². The van der Waals surface area contributed by atoms with E-state index >= 15 is 0 Å². The fourth-order valence-corrected chi connectivity index (χ4v) is 6.96. The van der Waals surface area contributed by atoms with Crippen LogP contribution in [0.1, 0.15) is 46.0 Å². The van der Waals surface area contributed by atoms with Crippen molar-refractivity contribution in [3.8, 4) is 0 Å². The molecule has 0 amide bonds. The summed E-state index contributed by atoms with van der Waals surface area (Å²) in [4.78, 5) is 1.71. The van der Waals surface area contributed by atoms with E-state index in [0.29, 0.717) is 17.7 Å². The smallest absolute Gasteiger partial charge is 0.184 e. The third-order valence-corrected chi connectivity index (χ3v) is 9.37. The third-order valence-electron chi connectivity index (χ3n) is 5.68. The molecule has 0 fully saturated rings. The topological polar surface area (TPSA) is 34.1 Å². The number of benzene rings is 2. The monoisotopic (exact) mass is 400 g/mol. The highest BCUT2D eigenvalue weighted by Gasteiger charge is 2.45. The van der Waals surface area contributed by atoms with Crippen molar-refractivity contribution in [1.82, 2.24) is 0 Å². The van der Waals surface area contributed by atoms with Gasteiger partial charge in [-0.1, -0.05) is 47.5 Å². The molecule has 0 aromatic heterocycles. The van der Waals surface area contributed by atoms with Crippen LogP contribution in [0, 0.1) is 0 Å². The Morgan fingerprint density at radius 2 is 1.56 bits per heavy atom. The highest BCUT2D eigenvalue weighted by molar-refractivity contribution is 7.99. The number of hydrogen-bond donors (Lipinski definition) is 0. The van der Waals surface area contributed by atoms with Crippen LogP contribution in [-0.2, 0) is 9.84 Å². The van der Waals surface area contributed by atoms with Gasteiger partial charge in [-0.3, -0.25) is 0 Å². The lowest BCUT2D eigenvalue weighted by molar-refractivity contribution is 0.426. The van der Waals surface area contributed by atoms with Crippen molar-refractivity contribution in [2.75, 3.05) is 5.75 Å². The van der Waals surface area contributed by atoms with Crippen LogP contribution in [0.5, 0.6) is 0 Å². The first kappa shape index (κ1) is 20.2. The molecule has 0 saturated heterocycles. The van der Waals surface area contributed by atoms with Crippen LogP contribution in [0.3, 0.4) is 0 Å². The first-order valence-corrected chi connectivity index (χ1v) is 12.0. The van der Waals surface area contributed by atoms with Gasteiger partial charge in [0.25, 0.3) is 0 Å². The largest absolute Gasteiger partial charge is 0.223 e. The minimum Gasteiger partial charge on any atom is -0.223 e. The Balaban J connectivity index is 1.79. The van der Waals surface area contributed by atoms with E-state index in [0.717, 1.165) is 25.0 Å². The zero-order valence-corrected chi connectivity index (χ0v) is 17.8. The molecular formula is C23H28O2S2. The van der Waals surface area contributed by atoms with Gasteiger partial charge >= 0.3 is 0 Å². The molecule has 1 unspecified atom stereocenters. The van der Waals surface area contributed by atoms with Gasteiger partial charge in [0.15, 0.2) is 9.84 Å². The lowest BCUT2D eigenvalue weighted by Gasteiger charge is -2.38. The van der Waals surface area contributed by atoms with Crippen LogP contribution in [0.2, 0.25) is 0 Å². The molecule has 1 aliphatic rings. The van der Waals surface area contributed by atoms with E-state index < -0.39 is 14.6 Å². The van der Waals surface area contributed by atoms with Crippen molar-refractivity contribution < 1.29 is 8.42 Å². The van der Waals surface area contributed by atoms with Gasteiger partial charge in [0.05, 0.1) is 9.64 Å². The maximum absolute atomic E-state index is 13.6. The van der Waals surface area contributed by atoms with E-state index in [1.807, 2.05) is 48.2 Å². The maximum atomic E-state index is 13.6. The summed E-state index contributed by atoms with van der Waals surface area (Å²) in [6.07, 6.45) is 3.88. The van der Waals surface area contributed by atoms with Crippen LogP contribution in [0.15, 0.2) is 81.6 Å². The SMILES string of the molecule is CC1=C(C)CC(CCCSc2ccccc2)(S(=O)(=O)c2ccccc2)CC1. The average molecular weight is 401 g/mol. The summed E-state index contributed by atoms with van der Waals surface area (Å²) < 4.78 is 26.5. The Morgan fingerprint density at radius 3 is 2.19 bits per heavy atom. The molecule has 27 heavy (non-hydrogen) atoms. The van der Waals surface area contributed by atoms with Gasteiger partial charge in [0, 0.05) is 4.90 Å². The molecule has 1 aliphatic carbocycles. The fourth-order valence-electron chi connectivity index (χ4n) is 3.88. The van der Waals surface area contributed by atoms with Gasteiger partial charge in [0.2, 0.25) is 0 Å². The second-order valence-corrected chi connectivity index (χ2v) is 11.0. The van der Waals surface area contributed by atoms with Gasteiger partial charge < -0.3 is 0 Å². The molecule has 144 valence electrons. The molecular weight excluding hydrogens is 372 g/mol. The van der Waals surface area contributed by atoms with E-state index in [2.05, 4.69) is 26.0 Å². The number of allylic oxidation sites excluding steroid dienone is 2. The number of sulfone groups is 1. The van der Waals surface area contributed by atoms with Crippen LogP contribution in [-0.4, -0.2) is 18.9 Å². The molecule has 2 nitrogen and oxygen atoms in total. The first-order chi connectivity index (χ1) is 12.9. The number of rotatable bonds is 7. The summed E-state index contributed by atoms with van der Waals surface area (Å²) in [6.45, 7) is 4.24. The van der Waals surface area contributed by atoms with Crippen LogP contribution >= 0.6 is 11.8 Å². The van der Waals surface area contributed by atoms with Gasteiger partial charge in [-0.15, -0.1) is 11.8 Å². The molecule has 3 rings (SSSR count). The summed E-state index contributed by atoms with van der Waals surface area (Å²) in [5, 5.41) is 0. The molecule has 2 aromatic rings. The van der Waals surface area contributed by atoms with Crippen molar-refractivity contribution >= 4 is 21.6 Å². The molecule has 0 radical (unpaired) electrons. The van der Waals surface area contributed by atoms with Crippen molar-refractivity contribution in [2.45, 2.75) is 60.5 Å². The third kappa shape index (κ3) is 4.49. The summed E-state index contributed by atoms with van der Waals surface area (Å²) in [5.74, 6) is 0.942. The Hall–Kier alpha value is -1.52. The Bertz CT molecular complexity index is 886. The van der Waals surface area contributed by atoms with Gasteiger partial charge in [0.1, 0.15) is 0 Å². The van der Waals surface area contributed by atoms with E-state index in [1.165, 1.54) is 16.0 Å². The lowest BCUT2D eigenvalue weighted by atomic mass is 9.82. The molecule has 0 N–H and O–H groups in total. The molecule has 4 heteroatoms. The summed E-state index contributed by atoms with van der Waals surface area (Å²) in [7, 11) is -3.37. The molecule has 0 heterocycles. The molecule has 1 atom stereocenters. The van der Waals surface area contributed by atoms with Gasteiger partial charge in [-0.05, 0) is 76.0 Å². The minimum absolute atomic E-state index is 0.466. The molecule has 0 spiro atoms. The van der Waals surface area contributed by atoms with Crippen LogP contribution in [0.4, 0.5) is 0 Å². The summed E-state index contributed by atoms with van der Waals surface area (Å²) in [6, 6.07) is 19.3.